The molecule has 3 heterocycles. The largest absolute Gasteiger partial charge is 0.495 e. The summed E-state index contributed by atoms with van der Waals surface area (Å²) in [6.45, 7) is 3.94. The summed E-state index contributed by atoms with van der Waals surface area (Å²) in [5.41, 5.74) is 4.47. The number of imidazole rings is 1. The first-order chi connectivity index (χ1) is 15.9. The van der Waals surface area contributed by atoms with E-state index in [0.29, 0.717) is 16.5 Å². The minimum absolute atomic E-state index is 0.0262. The molecular formula is C26H24ClN3O3. The van der Waals surface area contributed by atoms with Crippen LogP contribution in [0.1, 0.15) is 30.2 Å². The second-order valence-corrected chi connectivity index (χ2v) is 8.70. The van der Waals surface area contributed by atoms with Crippen molar-refractivity contribution in [1.29, 1.82) is 0 Å². The SMILES string of the molecule is COc1cc(C=C2O[C@H](C)[C@H]3CC=C(c4ccc(Cl)cc4)N3C2=O)ccc1-n1cnc(C)c1. The van der Waals surface area contributed by atoms with Crippen LogP contribution in [-0.4, -0.2) is 39.6 Å². The Balaban J connectivity index is 1.47. The molecule has 5 rings (SSSR count). The Labute approximate surface area is 197 Å². The quantitative estimate of drug-likeness (QED) is 0.498. The first-order valence-corrected chi connectivity index (χ1v) is 11.2. The summed E-state index contributed by atoms with van der Waals surface area (Å²) in [6.07, 6.45) is 8.18. The first-order valence-electron chi connectivity index (χ1n) is 10.8. The van der Waals surface area contributed by atoms with Crippen LogP contribution >= 0.6 is 11.6 Å². The van der Waals surface area contributed by atoms with Crippen molar-refractivity contribution in [2.24, 2.45) is 0 Å². The number of amides is 1. The molecule has 0 aliphatic carbocycles. The van der Waals surface area contributed by atoms with Gasteiger partial charge in [0.15, 0.2) is 5.76 Å². The third-order valence-electron chi connectivity index (χ3n) is 6.06. The van der Waals surface area contributed by atoms with Crippen LogP contribution in [0.25, 0.3) is 17.5 Å². The van der Waals surface area contributed by atoms with Crippen molar-refractivity contribution in [2.45, 2.75) is 32.4 Å². The average Bonchev–Trinajstić information content (AvgIpc) is 3.45. The topological polar surface area (TPSA) is 56.6 Å². The molecule has 0 radical (unpaired) electrons. The Morgan fingerprint density at radius 1 is 1.21 bits per heavy atom. The summed E-state index contributed by atoms with van der Waals surface area (Å²) in [4.78, 5) is 19.6. The van der Waals surface area contributed by atoms with E-state index in [1.807, 2.05) is 72.0 Å². The highest BCUT2D eigenvalue weighted by atomic mass is 35.5. The van der Waals surface area contributed by atoms with Crippen molar-refractivity contribution in [3.05, 3.63) is 88.7 Å². The van der Waals surface area contributed by atoms with Crippen molar-refractivity contribution >= 4 is 29.3 Å². The smallest absolute Gasteiger partial charge is 0.293 e. The number of morpholine rings is 1. The fourth-order valence-electron chi connectivity index (χ4n) is 4.40. The number of carbonyl (C=O) groups is 1. The summed E-state index contributed by atoms with van der Waals surface area (Å²) in [6, 6.07) is 13.3. The highest BCUT2D eigenvalue weighted by molar-refractivity contribution is 6.30. The van der Waals surface area contributed by atoms with Gasteiger partial charge in [-0.15, -0.1) is 0 Å². The molecule has 33 heavy (non-hydrogen) atoms. The summed E-state index contributed by atoms with van der Waals surface area (Å²) >= 11 is 6.05. The fraction of sp³-hybridized carbons (Fsp3) is 0.231. The Morgan fingerprint density at radius 2 is 2.00 bits per heavy atom. The Hall–Kier alpha value is -3.51. The lowest BCUT2D eigenvalue weighted by molar-refractivity contribution is -0.138. The molecular weight excluding hydrogens is 438 g/mol. The maximum Gasteiger partial charge on any atom is 0.293 e. The molecule has 1 amide bonds. The van der Waals surface area contributed by atoms with E-state index in [4.69, 9.17) is 21.1 Å². The zero-order valence-corrected chi connectivity index (χ0v) is 19.4. The summed E-state index contributed by atoms with van der Waals surface area (Å²) < 4.78 is 13.6. The molecule has 0 N–H and O–H groups in total. The van der Waals surface area contributed by atoms with Crippen LogP contribution in [0.2, 0.25) is 5.02 Å². The predicted octanol–water partition coefficient (Wildman–Crippen LogP) is 5.24. The molecule has 2 atom stereocenters. The number of halogens is 1. The van der Waals surface area contributed by atoms with Crippen molar-refractivity contribution in [1.82, 2.24) is 14.5 Å². The summed E-state index contributed by atoms with van der Waals surface area (Å²) in [7, 11) is 1.63. The number of hydrogen-bond donors (Lipinski definition) is 0. The molecule has 7 heteroatoms. The lowest BCUT2D eigenvalue weighted by atomic mass is 10.1. The number of ether oxygens (including phenoxy) is 2. The summed E-state index contributed by atoms with van der Waals surface area (Å²) in [5.74, 6) is 0.845. The molecule has 2 aliphatic heterocycles. The molecule has 3 aromatic rings. The van der Waals surface area contributed by atoms with E-state index in [2.05, 4.69) is 11.1 Å². The average molecular weight is 462 g/mol. The van der Waals surface area contributed by atoms with Gasteiger partial charge in [-0.05, 0) is 61.7 Å². The molecule has 1 saturated heterocycles. The Morgan fingerprint density at radius 3 is 2.70 bits per heavy atom. The number of carbonyl (C=O) groups excluding carboxylic acids is 1. The zero-order valence-electron chi connectivity index (χ0n) is 18.7. The Bertz CT molecular complexity index is 1280. The standard InChI is InChI=1S/C26H24ClN3O3/c1-16-14-29(15-28-16)23-9-4-18(12-24(23)32-3)13-25-26(31)30-21(17(2)33-25)10-11-22(30)19-5-7-20(27)8-6-19/h4-9,11-15,17,21H,10H2,1-3H3/t17-,21-/m1/s1. The number of methoxy groups -OCH3 is 1. The molecule has 2 aromatic carbocycles. The van der Waals surface area contributed by atoms with Crippen LogP contribution < -0.4 is 4.74 Å². The fourth-order valence-corrected chi connectivity index (χ4v) is 4.53. The van der Waals surface area contributed by atoms with Gasteiger partial charge in [-0.25, -0.2) is 4.98 Å². The summed E-state index contributed by atoms with van der Waals surface area (Å²) in [5, 5.41) is 0.666. The lowest BCUT2D eigenvalue weighted by Crippen LogP contribution is -2.48. The number of fused-ring (bicyclic) bond motifs is 1. The molecule has 2 aliphatic rings. The van der Waals surface area contributed by atoms with Gasteiger partial charge < -0.3 is 14.0 Å². The first kappa shape index (κ1) is 21.3. The van der Waals surface area contributed by atoms with E-state index in [1.54, 1.807) is 19.5 Å². The van der Waals surface area contributed by atoms with Crippen LogP contribution in [0.4, 0.5) is 0 Å². The molecule has 0 spiro atoms. The van der Waals surface area contributed by atoms with Crippen molar-refractivity contribution in [3.63, 3.8) is 0 Å². The number of hydrogen-bond acceptors (Lipinski definition) is 4. The van der Waals surface area contributed by atoms with Gasteiger partial charge in [0.05, 0.1) is 30.9 Å². The third-order valence-corrected chi connectivity index (χ3v) is 6.31. The van der Waals surface area contributed by atoms with Crippen LogP contribution in [-0.2, 0) is 9.53 Å². The van der Waals surface area contributed by atoms with Gasteiger partial charge in [0, 0.05) is 16.9 Å². The molecule has 1 fully saturated rings. The van der Waals surface area contributed by atoms with E-state index in [1.165, 1.54) is 0 Å². The van der Waals surface area contributed by atoms with Gasteiger partial charge in [-0.3, -0.25) is 9.69 Å². The number of nitrogens with zero attached hydrogens (tertiary/aromatic N) is 3. The van der Waals surface area contributed by atoms with Gasteiger partial charge in [0.2, 0.25) is 0 Å². The molecule has 0 saturated carbocycles. The van der Waals surface area contributed by atoms with E-state index in [9.17, 15) is 4.79 Å². The maximum atomic E-state index is 13.5. The van der Waals surface area contributed by atoms with Crippen LogP contribution in [0.5, 0.6) is 5.75 Å². The van der Waals surface area contributed by atoms with Gasteiger partial charge >= 0.3 is 0 Å². The molecule has 0 bridgehead atoms. The van der Waals surface area contributed by atoms with Crippen LogP contribution in [0.15, 0.2) is 66.8 Å². The maximum absolute atomic E-state index is 13.5. The molecule has 168 valence electrons. The van der Waals surface area contributed by atoms with Gasteiger partial charge in [-0.1, -0.05) is 35.9 Å². The van der Waals surface area contributed by atoms with E-state index in [0.717, 1.165) is 34.6 Å². The predicted molar refractivity (Wildman–Crippen MR) is 128 cm³/mol. The zero-order chi connectivity index (χ0) is 23.1. The van der Waals surface area contributed by atoms with Gasteiger partial charge in [0.25, 0.3) is 5.91 Å². The second kappa shape index (κ2) is 8.45. The number of benzene rings is 2. The highest BCUT2D eigenvalue weighted by Gasteiger charge is 2.42. The lowest BCUT2D eigenvalue weighted by Gasteiger charge is -2.38. The van der Waals surface area contributed by atoms with Gasteiger partial charge in [0.1, 0.15) is 11.9 Å². The van der Waals surface area contributed by atoms with E-state index in [-0.39, 0.29) is 18.1 Å². The number of rotatable bonds is 4. The van der Waals surface area contributed by atoms with Gasteiger partial charge in [-0.2, -0.15) is 0 Å². The van der Waals surface area contributed by atoms with E-state index >= 15 is 0 Å². The second-order valence-electron chi connectivity index (χ2n) is 8.26. The minimum atomic E-state index is -0.148. The molecule has 0 unspecified atom stereocenters. The Kier molecular flexibility index (Phi) is 5.46. The monoisotopic (exact) mass is 461 g/mol. The van der Waals surface area contributed by atoms with Crippen LogP contribution in [0.3, 0.4) is 0 Å². The van der Waals surface area contributed by atoms with Crippen LogP contribution in [0, 0.1) is 6.92 Å². The highest BCUT2D eigenvalue weighted by Crippen LogP contribution is 2.38. The normalized spacial score (nSPS) is 21.1. The van der Waals surface area contributed by atoms with E-state index < -0.39 is 0 Å². The molecule has 1 aromatic heterocycles. The van der Waals surface area contributed by atoms with Crippen molar-refractivity contribution in [2.75, 3.05) is 7.11 Å². The van der Waals surface area contributed by atoms with Crippen molar-refractivity contribution in [3.8, 4) is 11.4 Å². The number of aryl methyl sites for hydroxylation is 1. The third kappa shape index (κ3) is 3.91. The molecule has 6 nitrogen and oxygen atoms in total. The van der Waals surface area contributed by atoms with Crippen molar-refractivity contribution < 1.29 is 14.3 Å². The minimum Gasteiger partial charge on any atom is -0.495 e. The number of aromatic nitrogens is 2.